The van der Waals surface area contributed by atoms with Gasteiger partial charge < -0.3 is 30.6 Å². The molecule has 0 heterocycles. The highest BCUT2D eigenvalue weighted by molar-refractivity contribution is 5.86. The Hall–Kier alpha value is -6.90. The number of aliphatic hydroxyl groups is 6. The second kappa shape index (κ2) is 64.7. The van der Waals surface area contributed by atoms with Gasteiger partial charge in [-0.05, 0) is 52.6 Å². The van der Waals surface area contributed by atoms with Crippen LogP contribution in [0.4, 0.5) is 26.3 Å². The van der Waals surface area contributed by atoms with Crippen molar-refractivity contribution in [2.45, 2.75) is 115 Å². The summed E-state index contributed by atoms with van der Waals surface area (Å²) in [4.78, 5) is 0. The van der Waals surface area contributed by atoms with Crippen LogP contribution in [0.25, 0.3) is 11.1 Å². The highest BCUT2D eigenvalue weighted by atomic mass is 19.4. The van der Waals surface area contributed by atoms with Crippen LogP contribution in [0.2, 0.25) is 0 Å². The maximum Gasteiger partial charge on any atom is 0.402 e. The van der Waals surface area contributed by atoms with Gasteiger partial charge in [0.1, 0.15) is 0 Å². The second-order valence-electron chi connectivity index (χ2n) is 16.8. The number of hydrogen-bond acceptors (Lipinski definition) is 6. The Bertz CT molecular complexity index is 2080. The molecule has 8 aromatic carbocycles. The summed E-state index contributed by atoms with van der Waals surface area (Å²) in [5, 5.41) is 42.0. The van der Waals surface area contributed by atoms with Crippen molar-refractivity contribution < 1.29 is 57.0 Å². The predicted octanol–water partition coefficient (Wildman–Crippen LogP) is 19.7. The van der Waals surface area contributed by atoms with Crippen molar-refractivity contribution in [2.75, 3.05) is 42.7 Å². The van der Waals surface area contributed by atoms with E-state index in [1.54, 1.807) is 0 Å². The third-order valence-corrected chi connectivity index (χ3v) is 9.45. The van der Waals surface area contributed by atoms with Crippen LogP contribution in [0.3, 0.4) is 0 Å². The van der Waals surface area contributed by atoms with E-state index in [2.05, 4.69) is 137 Å². The molecule has 0 aliphatic heterocycles. The van der Waals surface area contributed by atoms with Gasteiger partial charge in [-0.25, -0.2) is 0 Å². The number of halogens is 6. The first-order valence-corrected chi connectivity index (χ1v) is 28.0. The van der Waals surface area contributed by atoms with E-state index < -0.39 is 17.8 Å². The summed E-state index contributed by atoms with van der Waals surface area (Å²) < 4.78 is 69.7. The average Bonchev–Trinajstić information content (AvgIpc) is 4.15. The number of fused-ring (bicyclic) bond motifs is 3. The Kier molecular flexibility index (Phi) is 71.9. The van der Waals surface area contributed by atoms with Crippen molar-refractivity contribution in [3.8, 4) is 11.1 Å². The Morgan fingerprint density at radius 1 is 0.235 bits per heavy atom. The van der Waals surface area contributed by atoms with Crippen molar-refractivity contribution >= 4 is 0 Å². The molecule has 0 aromatic heterocycles. The van der Waals surface area contributed by atoms with E-state index in [-0.39, 0.29) is 19.3 Å². The molecule has 478 valence electrons. The van der Waals surface area contributed by atoms with Gasteiger partial charge in [-0.2, -0.15) is 26.3 Å². The Balaban J connectivity index is -0.000000140. The lowest BCUT2D eigenvalue weighted by Crippen LogP contribution is -2.44. The van der Waals surface area contributed by atoms with Crippen LogP contribution >= 0.6 is 0 Å². The Morgan fingerprint density at radius 2 is 0.365 bits per heavy atom. The van der Waals surface area contributed by atoms with E-state index >= 15 is 0 Å². The van der Waals surface area contributed by atoms with Crippen LogP contribution in [0.15, 0.2) is 255 Å². The lowest BCUT2D eigenvalue weighted by molar-refractivity contribution is -0.327. The summed E-state index contributed by atoms with van der Waals surface area (Å²) in [7, 11) is 6.00. The molecule has 6 N–H and O–H groups in total. The fraction of sp³-hybridized carbons (Fsp3) is 0.342. The van der Waals surface area contributed by atoms with Crippen molar-refractivity contribution in [1.29, 1.82) is 0 Å². The van der Waals surface area contributed by atoms with E-state index in [9.17, 15) is 26.3 Å². The molecule has 0 saturated heterocycles. The van der Waals surface area contributed by atoms with Crippen LogP contribution in [0.5, 0.6) is 0 Å². The van der Waals surface area contributed by atoms with Gasteiger partial charge in [0, 0.05) is 42.7 Å². The topological polar surface area (TPSA) is 121 Å². The van der Waals surface area contributed by atoms with Crippen LogP contribution in [-0.2, 0) is 5.41 Å². The monoisotopic (exact) mass is 1190 g/mol. The molecule has 0 radical (unpaired) electrons. The van der Waals surface area contributed by atoms with Crippen LogP contribution in [-0.4, -0.2) is 85.7 Å². The maximum atomic E-state index is 11.6. The quantitative estimate of drug-likeness (QED) is 0.0959. The van der Waals surface area contributed by atoms with Gasteiger partial charge in [0.05, 0.1) is 5.41 Å². The Morgan fingerprint density at radius 3 is 0.506 bits per heavy atom. The minimum Gasteiger partial charge on any atom is -0.400 e. The molecule has 0 unspecified atom stereocenters. The summed E-state index contributed by atoms with van der Waals surface area (Å²) in [6.07, 6.45) is -10.5. The summed E-state index contributed by atoms with van der Waals surface area (Å²) in [6.45, 7) is 25.0. The first kappa shape index (κ1) is 94.5. The summed E-state index contributed by atoms with van der Waals surface area (Å²) in [6, 6.07) is 87.5. The first-order valence-electron chi connectivity index (χ1n) is 28.0. The van der Waals surface area contributed by atoms with Crippen LogP contribution in [0, 0.1) is 10.8 Å². The fourth-order valence-electron chi connectivity index (χ4n) is 6.10. The number of aliphatic hydroxyl groups excluding tert-OH is 6. The first-order chi connectivity index (χ1) is 40.9. The maximum absolute atomic E-state index is 11.6. The van der Waals surface area contributed by atoms with E-state index in [0.717, 1.165) is 42.7 Å². The van der Waals surface area contributed by atoms with Crippen molar-refractivity contribution in [3.05, 3.63) is 277 Å². The normalized spacial score (nSPS) is 9.74. The number of hydrogen-bond donors (Lipinski definition) is 6. The van der Waals surface area contributed by atoms with Gasteiger partial charge >= 0.3 is 12.4 Å². The average molecular weight is 1200 g/mol. The van der Waals surface area contributed by atoms with Crippen molar-refractivity contribution in [1.82, 2.24) is 0 Å². The molecule has 0 bridgehead atoms. The van der Waals surface area contributed by atoms with Crippen molar-refractivity contribution in [2.24, 2.45) is 10.8 Å². The highest BCUT2D eigenvalue weighted by Gasteiger charge is 2.64. The van der Waals surface area contributed by atoms with Gasteiger partial charge in [-0.3, -0.25) is 0 Å². The van der Waals surface area contributed by atoms with E-state index in [4.69, 9.17) is 30.6 Å². The predicted molar refractivity (Wildman–Crippen MR) is 355 cm³/mol. The van der Waals surface area contributed by atoms with E-state index in [1.807, 2.05) is 201 Å². The van der Waals surface area contributed by atoms with Gasteiger partial charge in [0.25, 0.3) is 0 Å². The number of alkyl halides is 6. The van der Waals surface area contributed by atoms with Crippen LogP contribution < -0.4 is 0 Å². The van der Waals surface area contributed by atoms with Gasteiger partial charge in [0.15, 0.2) is 5.41 Å². The summed E-state index contributed by atoms with van der Waals surface area (Å²) in [5.74, 6) is 0. The third-order valence-electron chi connectivity index (χ3n) is 9.45. The summed E-state index contributed by atoms with van der Waals surface area (Å²) >= 11 is 0. The molecule has 0 spiro atoms. The molecule has 8 aromatic rings. The standard InChI is InChI=1S/C25H18.4C6H6.C5H6F6.C5H12.4C2H6.6CH4O/c1-3-11-19(12-4-1)25(20-13-5-2-6-14-20)23-17-9-7-15-21(23)22-16-8-10-18-24(22)25;4*1-2-4-6-5-3-1;1-3(2,4(6,7)8)5(9,10)11;1-5(2,3)4;10*1-2/h1-18H;4*1-6H;1-2H3;1-4H3;4*1-2H3;6*2H,1H3. The SMILES string of the molecule is CC.CC.CC.CC.CC(C)(C(F)(F)F)C(F)(F)F.CC(C)(C)C.CO.CO.CO.CO.CO.CO.c1ccc(C2(c3ccccc3)c3ccccc3-c3ccccc32)cc1.c1ccccc1.c1ccccc1.c1ccccc1.c1ccccc1. The minimum absolute atomic E-state index is 0.104. The lowest BCUT2D eigenvalue weighted by atomic mass is 9.68. The molecule has 0 saturated carbocycles. The third kappa shape index (κ3) is 42.5. The molecular weight excluding hydrogens is 1090 g/mol. The lowest BCUT2D eigenvalue weighted by Gasteiger charge is -2.33. The minimum atomic E-state index is -5.24. The van der Waals surface area contributed by atoms with Gasteiger partial charge in [0.2, 0.25) is 0 Å². The molecule has 6 nitrogen and oxygen atoms in total. The molecule has 12 heteroatoms. The zero-order chi connectivity index (χ0) is 67.7. The molecule has 0 atom stereocenters. The van der Waals surface area contributed by atoms with Gasteiger partial charge in [-0.15, -0.1) is 0 Å². The zero-order valence-electron chi connectivity index (χ0n) is 54.7. The molecule has 0 fully saturated rings. The van der Waals surface area contributed by atoms with Crippen LogP contribution in [0.1, 0.15) is 119 Å². The molecule has 1 aliphatic rings. The molecule has 9 rings (SSSR count). The highest BCUT2D eigenvalue weighted by Crippen LogP contribution is 2.56. The smallest absolute Gasteiger partial charge is 0.400 e. The molecule has 0 amide bonds. The van der Waals surface area contributed by atoms with Gasteiger partial charge in [-0.1, -0.05) is 338 Å². The van der Waals surface area contributed by atoms with Crippen molar-refractivity contribution in [3.63, 3.8) is 0 Å². The number of rotatable bonds is 2. The van der Waals surface area contributed by atoms with E-state index in [1.165, 1.54) is 33.4 Å². The second-order valence-corrected chi connectivity index (χ2v) is 16.8. The molecule has 85 heavy (non-hydrogen) atoms. The van der Waals surface area contributed by atoms with E-state index in [0.29, 0.717) is 5.41 Å². The fourth-order valence-corrected chi connectivity index (χ4v) is 6.10. The summed E-state index contributed by atoms with van der Waals surface area (Å²) in [5.41, 5.74) is 4.67. The molecule has 1 aliphatic carbocycles. The Labute approximate surface area is 511 Å². The number of benzene rings is 8. The zero-order valence-corrected chi connectivity index (χ0v) is 54.7. The largest absolute Gasteiger partial charge is 0.402 e. The molecular formula is C73H108F6O6.